The number of sulfonamides is 1. The van der Waals surface area contributed by atoms with Crippen LogP contribution in [-0.2, 0) is 21.4 Å². The van der Waals surface area contributed by atoms with Crippen LogP contribution in [0.4, 0.5) is 5.69 Å². The lowest BCUT2D eigenvalue weighted by atomic mass is 10.2. The standard InChI is InChI=1S/C16H18ClN3O3S/c1-12(16(21)19-11-13-4-3-9-18-10-13)20(24(2,22)23)15-7-5-14(17)6-8-15/h3-10,12H,11H2,1-2H3,(H,19,21)/t12-/m1/s1. The van der Waals surface area contributed by atoms with Crippen LogP contribution < -0.4 is 9.62 Å². The molecule has 6 nitrogen and oxygen atoms in total. The molecule has 1 aromatic carbocycles. The molecule has 8 heteroatoms. The molecule has 0 spiro atoms. The van der Waals surface area contributed by atoms with E-state index < -0.39 is 22.0 Å². The van der Waals surface area contributed by atoms with E-state index in [1.165, 1.54) is 6.92 Å². The lowest BCUT2D eigenvalue weighted by Gasteiger charge is -2.28. The van der Waals surface area contributed by atoms with E-state index in [1.54, 1.807) is 42.7 Å². The van der Waals surface area contributed by atoms with Crippen LogP contribution in [0.1, 0.15) is 12.5 Å². The minimum absolute atomic E-state index is 0.273. The van der Waals surface area contributed by atoms with Gasteiger partial charge in [0.2, 0.25) is 15.9 Å². The Labute approximate surface area is 146 Å². The zero-order chi connectivity index (χ0) is 17.7. The lowest BCUT2D eigenvalue weighted by molar-refractivity contribution is -0.122. The predicted octanol–water partition coefficient (Wildman–Crippen LogP) is 2.21. The van der Waals surface area contributed by atoms with Crippen LogP contribution in [0.3, 0.4) is 0 Å². The van der Waals surface area contributed by atoms with Gasteiger partial charge in [-0.05, 0) is 42.8 Å². The summed E-state index contributed by atoms with van der Waals surface area (Å²) < 4.78 is 25.4. The molecule has 2 aromatic rings. The summed E-state index contributed by atoms with van der Waals surface area (Å²) in [7, 11) is -3.64. The van der Waals surface area contributed by atoms with Gasteiger partial charge >= 0.3 is 0 Å². The van der Waals surface area contributed by atoms with Gasteiger partial charge in [-0.2, -0.15) is 0 Å². The first-order chi connectivity index (χ1) is 11.3. The van der Waals surface area contributed by atoms with Crippen molar-refractivity contribution < 1.29 is 13.2 Å². The number of nitrogens with one attached hydrogen (secondary N) is 1. The fraction of sp³-hybridized carbons (Fsp3) is 0.250. The fourth-order valence-electron chi connectivity index (χ4n) is 2.24. The molecule has 0 aliphatic carbocycles. The first kappa shape index (κ1) is 18.2. The van der Waals surface area contributed by atoms with Crippen molar-refractivity contribution in [3.63, 3.8) is 0 Å². The monoisotopic (exact) mass is 367 g/mol. The minimum Gasteiger partial charge on any atom is -0.350 e. The SMILES string of the molecule is C[C@H](C(=O)NCc1cccnc1)N(c1ccc(Cl)cc1)S(C)(=O)=O. The summed E-state index contributed by atoms with van der Waals surface area (Å²) in [6.07, 6.45) is 4.34. The number of benzene rings is 1. The molecule has 0 aliphatic rings. The van der Waals surface area contributed by atoms with Crippen molar-refractivity contribution in [1.29, 1.82) is 0 Å². The van der Waals surface area contributed by atoms with Gasteiger partial charge in [-0.25, -0.2) is 8.42 Å². The van der Waals surface area contributed by atoms with Crippen LogP contribution in [0.15, 0.2) is 48.8 Å². The third-order valence-corrected chi connectivity index (χ3v) is 4.85. The van der Waals surface area contributed by atoms with Crippen LogP contribution in [0.2, 0.25) is 5.02 Å². The van der Waals surface area contributed by atoms with E-state index in [0.29, 0.717) is 10.7 Å². The Balaban J connectivity index is 2.17. The van der Waals surface area contributed by atoms with Crippen molar-refractivity contribution in [2.75, 3.05) is 10.6 Å². The highest BCUT2D eigenvalue weighted by atomic mass is 35.5. The van der Waals surface area contributed by atoms with Crippen molar-refractivity contribution >= 4 is 33.2 Å². The third-order valence-electron chi connectivity index (χ3n) is 3.36. The van der Waals surface area contributed by atoms with Gasteiger partial charge in [-0.3, -0.25) is 14.1 Å². The molecule has 1 heterocycles. The topological polar surface area (TPSA) is 79.4 Å². The van der Waals surface area contributed by atoms with E-state index >= 15 is 0 Å². The van der Waals surface area contributed by atoms with Crippen molar-refractivity contribution in [3.05, 3.63) is 59.4 Å². The Hall–Kier alpha value is -2.12. The molecular weight excluding hydrogens is 350 g/mol. The predicted molar refractivity (Wildman–Crippen MR) is 94.3 cm³/mol. The molecule has 1 N–H and O–H groups in total. The molecule has 0 saturated carbocycles. The molecule has 0 aliphatic heterocycles. The second-order valence-electron chi connectivity index (χ2n) is 5.29. The molecule has 0 radical (unpaired) electrons. The van der Waals surface area contributed by atoms with Crippen LogP contribution in [0.25, 0.3) is 0 Å². The molecule has 1 amide bonds. The van der Waals surface area contributed by atoms with Crippen LogP contribution >= 0.6 is 11.6 Å². The quantitative estimate of drug-likeness (QED) is 0.848. The van der Waals surface area contributed by atoms with Crippen LogP contribution in [0, 0.1) is 0 Å². The maximum absolute atomic E-state index is 12.4. The molecule has 0 fully saturated rings. The molecule has 0 bridgehead atoms. The van der Waals surface area contributed by atoms with Gasteiger partial charge < -0.3 is 5.32 Å². The largest absolute Gasteiger partial charge is 0.350 e. The van der Waals surface area contributed by atoms with Crippen LogP contribution in [-0.4, -0.2) is 31.6 Å². The smallest absolute Gasteiger partial charge is 0.243 e. The van der Waals surface area contributed by atoms with E-state index in [2.05, 4.69) is 10.3 Å². The van der Waals surface area contributed by atoms with Gasteiger partial charge in [-0.1, -0.05) is 17.7 Å². The van der Waals surface area contributed by atoms with Gasteiger partial charge in [0.25, 0.3) is 0 Å². The van der Waals surface area contributed by atoms with E-state index in [9.17, 15) is 13.2 Å². The summed E-state index contributed by atoms with van der Waals surface area (Å²) in [5.74, 6) is -0.403. The van der Waals surface area contributed by atoms with E-state index in [1.807, 2.05) is 6.07 Å². The van der Waals surface area contributed by atoms with Crippen molar-refractivity contribution in [1.82, 2.24) is 10.3 Å². The Kier molecular flexibility index (Phi) is 5.80. The van der Waals surface area contributed by atoms with Gasteiger partial charge in [-0.15, -0.1) is 0 Å². The molecule has 2 rings (SSSR count). The number of pyridine rings is 1. The molecule has 1 atom stereocenters. The maximum Gasteiger partial charge on any atom is 0.243 e. The number of amides is 1. The van der Waals surface area contributed by atoms with E-state index in [-0.39, 0.29) is 6.54 Å². The van der Waals surface area contributed by atoms with Gasteiger partial charge in [0.1, 0.15) is 6.04 Å². The zero-order valence-corrected chi connectivity index (χ0v) is 14.9. The third kappa shape index (κ3) is 4.69. The zero-order valence-electron chi connectivity index (χ0n) is 13.3. The normalized spacial score (nSPS) is 12.5. The number of hydrogen-bond donors (Lipinski definition) is 1. The first-order valence-corrected chi connectivity index (χ1v) is 9.43. The second-order valence-corrected chi connectivity index (χ2v) is 7.59. The summed E-state index contributed by atoms with van der Waals surface area (Å²) in [6.45, 7) is 1.81. The van der Waals surface area contributed by atoms with Gasteiger partial charge in [0.05, 0.1) is 11.9 Å². The Morgan fingerprint density at radius 3 is 2.50 bits per heavy atom. The summed E-state index contributed by atoms with van der Waals surface area (Å²) in [5.41, 5.74) is 1.21. The fourth-order valence-corrected chi connectivity index (χ4v) is 3.54. The summed E-state index contributed by atoms with van der Waals surface area (Å²) in [5, 5.41) is 3.21. The lowest BCUT2D eigenvalue weighted by Crippen LogP contribution is -2.47. The number of halogens is 1. The van der Waals surface area contributed by atoms with Crippen molar-refractivity contribution in [3.8, 4) is 0 Å². The van der Waals surface area contributed by atoms with Crippen molar-refractivity contribution in [2.45, 2.75) is 19.5 Å². The molecule has 24 heavy (non-hydrogen) atoms. The molecular formula is C16H18ClN3O3S. The van der Waals surface area contributed by atoms with E-state index in [0.717, 1.165) is 16.1 Å². The Morgan fingerprint density at radius 2 is 1.96 bits per heavy atom. The highest BCUT2D eigenvalue weighted by Gasteiger charge is 2.28. The molecule has 0 unspecified atom stereocenters. The van der Waals surface area contributed by atoms with Crippen molar-refractivity contribution in [2.24, 2.45) is 0 Å². The summed E-state index contributed by atoms with van der Waals surface area (Å²) >= 11 is 5.84. The average molecular weight is 368 g/mol. The van der Waals surface area contributed by atoms with Gasteiger partial charge in [0, 0.05) is 24.0 Å². The van der Waals surface area contributed by atoms with Gasteiger partial charge in [0.15, 0.2) is 0 Å². The van der Waals surface area contributed by atoms with Crippen LogP contribution in [0.5, 0.6) is 0 Å². The number of carbonyl (C=O) groups excluding carboxylic acids is 1. The summed E-state index contributed by atoms with van der Waals surface area (Å²) in [6, 6.07) is 8.97. The first-order valence-electron chi connectivity index (χ1n) is 7.20. The number of anilines is 1. The number of carbonyl (C=O) groups is 1. The number of rotatable bonds is 6. The maximum atomic E-state index is 12.4. The second kappa shape index (κ2) is 7.63. The average Bonchev–Trinajstić information content (AvgIpc) is 2.54. The molecule has 128 valence electrons. The Morgan fingerprint density at radius 1 is 1.29 bits per heavy atom. The summed E-state index contributed by atoms with van der Waals surface area (Å²) in [4.78, 5) is 16.3. The minimum atomic E-state index is -3.64. The molecule has 1 aromatic heterocycles. The Bertz CT molecular complexity index is 795. The number of aromatic nitrogens is 1. The highest BCUT2D eigenvalue weighted by molar-refractivity contribution is 7.92. The highest BCUT2D eigenvalue weighted by Crippen LogP contribution is 2.23. The number of hydrogen-bond acceptors (Lipinski definition) is 4. The molecule has 0 saturated heterocycles. The van der Waals surface area contributed by atoms with E-state index in [4.69, 9.17) is 11.6 Å². The number of nitrogens with zero attached hydrogens (tertiary/aromatic N) is 2.